The molecule has 2 fully saturated rings. The molecule has 0 saturated carbocycles. The van der Waals surface area contributed by atoms with Gasteiger partial charge >= 0.3 is 0 Å². The molecule has 0 radical (unpaired) electrons. The summed E-state index contributed by atoms with van der Waals surface area (Å²) in [6.45, 7) is 11.9. The smallest absolute Gasteiger partial charge is 0.280 e. The fraction of sp³-hybridized carbons (Fsp3) is 0.444. The van der Waals surface area contributed by atoms with Crippen molar-refractivity contribution in [3.63, 3.8) is 0 Å². The second kappa shape index (κ2) is 19.0. The minimum Gasteiger partial charge on any atom is -0.497 e. The van der Waals surface area contributed by atoms with Crippen molar-refractivity contribution in [2.24, 2.45) is 5.92 Å². The number of rotatable bonds is 19. The Balaban J connectivity index is 1.37. The second-order valence-corrected chi connectivity index (χ2v) is 17.5. The maximum Gasteiger partial charge on any atom is 0.280 e. The van der Waals surface area contributed by atoms with E-state index in [1.54, 1.807) is 32.6 Å². The van der Waals surface area contributed by atoms with Gasteiger partial charge < -0.3 is 32.7 Å². The van der Waals surface area contributed by atoms with E-state index in [1.165, 1.54) is 6.33 Å². The van der Waals surface area contributed by atoms with Crippen LogP contribution in [0.3, 0.4) is 0 Å². The molecule has 2 aliphatic rings. The molecule has 2 aliphatic heterocycles. The zero-order valence-electron chi connectivity index (χ0n) is 36.2. The molecule has 3 aromatic carbocycles. The summed E-state index contributed by atoms with van der Waals surface area (Å²) in [5.74, 6) is 0.665. The molecule has 0 spiro atoms. The molecule has 328 valence electrons. The number of carbonyl (C=O) groups is 1. The lowest BCUT2D eigenvalue weighted by Gasteiger charge is -2.41. The average Bonchev–Trinajstić information content (AvgIpc) is 3.94. The third-order valence-electron chi connectivity index (χ3n) is 11.0. The van der Waals surface area contributed by atoms with Gasteiger partial charge in [0.15, 0.2) is 17.4 Å². The van der Waals surface area contributed by atoms with Crippen LogP contribution in [0.2, 0.25) is 0 Å². The molecule has 2 aromatic heterocycles. The SMILES string of the molecule is COc1ccc(C(OC[C@@]23CO[C@@H]([C@H](n4cnc5c(=O)[nH]c(NC(=O)C(C)C)nc54)O2)[C@@H]3OP(OCCC#N)N(C(C)C)C(C)C)(c2ccccc2)c2ccc(OC)cc2)cc1. The van der Waals surface area contributed by atoms with Gasteiger partial charge in [0.1, 0.15) is 34.9 Å². The molecule has 16 nitrogen and oxygen atoms in total. The summed E-state index contributed by atoms with van der Waals surface area (Å²) in [7, 11) is 1.45. The largest absolute Gasteiger partial charge is 0.497 e. The first kappa shape index (κ1) is 44.8. The van der Waals surface area contributed by atoms with Crippen LogP contribution in [0.4, 0.5) is 5.95 Å². The van der Waals surface area contributed by atoms with Crippen molar-refractivity contribution in [2.75, 3.05) is 39.4 Å². The van der Waals surface area contributed by atoms with Gasteiger partial charge in [-0.2, -0.15) is 10.2 Å². The van der Waals surface area contributed by atoms with Crippen LogP contribution in [0, 0.1) is 17.2 Å². The minimum absolute atomic E-state index is 0.0101. The van der Waals surface area contributed by atoms with Gasteiger partial charge in [-0.25, -0.2) is 9.65 Å². The molecule has 2 saturated heterocycles. The Bertz CT molecular complexity index is 2350. The standard InChI is InChI=1S/C45H54N7O9P/c1-28(2)40(53)49-43-48-39-36(41(54)50-43)47-27-51(39)42-37-38(61-62(59-24-12-23-46)52(29(3)4)30(5)6)44(60-42,25-57-37)26-58-45(31-13-10-9-11-14-31,32-15-19-34(55-7)20-16-32)33-17-21-35(56-8)22-18-33/h9-11,13-22,27-30,37-38,42H,12,24-26H2,1-8H3,(H2,48,49,50,53,54)/t37-,38+,42-,44-,62?/m1/s1. The molecule has 5 aromatic rings. The topological polar surface area (TPSA) is 184 Å². The Hall–Kier alpha value is -5.24. The normalized spacial score (nSPS) is 20.3. The molecule has 4 heterocycles. The highest BCUT2D eigenvalue weighted by molar-refractivity contribution is 7.44. The number of H-pyrrole nitrogens is 1. The average molecular weight is 868 g/mol. The first-order chi connectivity index (χ1) is 29.8. The molecular weight excluding hydrogens is 814 g/mol. The number of nitrogens with one attached hydrogen (secondary N) is 2. The Labute approximate surface area is 362 Å². The lowest BCUT2D eigenvalue weighted by molar-refractivity contribution is -0.202. The number of anilines is 1. The summed E-state index contributed by atoms with van der Waals surface area (Å²) in [5.41, 5.74) is -0.305. The number of fused-ring (bicyclic) bond motifs is 3. The summed E-state index contributed by atoms with van der Waals surface area (Å²) < 4.78 is 49.8. The zero-order valence-corrected chi connectivity index (χ0v) is 37.1. The van der Waals surface area contributed by atoms with Crippen LogP contribution < -0.4 is 20.3 Å². The van der Waals surface area contributed by atoms with Crippen molar-refractivity contribution in [1.82, 2.24) is 24.2 Å². The van der Waals surface area contributed by atoms with E-state index in [9.17, 15) is 14.9 Å². The third-order valence-corrected chi connectivity index (χ3v) is 13.1. The van der Waals surface area contributed by atoms with Gasteiger partial charge in [0.2, 0.25) is 11.9 Å². The summed E-state index contributed by atoms with van der Waals surface area (Å²) in [5, 5.41) is 12.2. The van der Waals surface area contributed by atoms with Crippen molar-refractivity contribution < 1.29 is 37.5 Å². The third kappa shape index (κ3) is 8.71. The minimum atomic E-state index is -1.79. The number of aromatic nitrogens is 4. The number of benzene rings is 3. The summed E-state index contributed by atoms with van der Waals surface area (Å²) in [6.07, 6.45) is -0.846. The molecule has 7 rings (SSSR count). The fourth-order valence-electron chi connectivity index (χ4n) is 8.00. The predicted molar refractivity (Wildman–Crippen MR) is 233 cm³/mol. The molecule has 62 heavy (non-hydrogen) atoms. The molecule has 1 amide bonds. The lowest BCUT2D eigenvalue weighted by Crippen LogP contribution is -2.49. The Morgan fingerprint density at radius 2 is 1.60 bits per heavy atom. The van der Waals surface area contributed by atoms with Gasteiger partial charge in [0, 0.05) is 18.0 Å². The molecule has 0 aliphatic carbocycles. The van der Waals surface area contributed by atoms with E-state index in [0.29, 0.717) is 11.5 Å². The van der Waals surface area contributed by atoms with Gasteiger partial charge in [-0.3, -0.25) is 24.5 Å². The van der Waals surface area contributed by atoms with Crippen molar-refractivity contribution in [2.45, 2.75) is 89.7 Å². The number of hydrogen-bond acceptors (Lipinski definition) is 13. The van der Waals surface area contributed by atoms with Crippen molar-refractivity contribution in [3.8, 4) is 17.6 Å². The molecule has 5 atom stereocenters. The molecule has 1 unspecified atom stereocenters. The van der Waals surface area contributed by atoms with Gasteiger partial charge in [-0.05, 0) is 68.7 Å². The van der Waals surface area contributed by atoms with Gasteiger partial charge in [0.05, 0.1) is 52.9 Å². The monoisotopic (exact) mass is 867 g/mol. The first-order valence-corrected chi connectivity index (χ1v) is 21.8. The van der Waals surface area contributed by atoms with E-state index in [4.69, 9.17) is 32.7 Å². The fourth-order valence-corrected chi connectivity index (χ4v) is 9.82. The molecule has 17 heteroatoms. The number of ether oxygens (including phenoxy) is 5. The second-order valence-electron chi connectivity index (χ2n) is 16.1. The number of nitrogens with zero attached hydrogens (tertiary/aromatic N) is 5. The maximum absolute atomic E-state index is 13.3. The van der Waals surface area contributed by atoms with Gasteiger partial charge in [-0.1, -0.05) is 68.4 Å². The van der Waals surface area contributed by atoms with Crippen LogP contribution in [0.5, 0.6) is 11.5 Å². The van der Waals surface area contributed by atoms with E-state index >= 15 is 0 Å². The maximum atomic E-state index is 13.3. The zero-order chi connectivity index (χ0) is 44.2. The van der Waals surface area contributed by atoms with Gasteiger partial charge in [0.25, 0.3) is 14.1 Å². The van der Waals surface area contributed by atoms with Crippen molar-refractivity contribution in [1.29, 1.82) is 5.26 Å². The van der Waals surface area contributed by atoms with Crippen molar-refractivity contribution in [3.05, 3.63) is 112 Å². The van der Waals surface area contributed by atoms with Crippen LogP contribution in [0.25, 0.3) is 11.2 Å². The van der Waals surface area contributed by atoms with Crippen LogP contribution in [0.15, 0.2) is 90.0 Å². The van der Waals surface area contributed by atoms with Crippen LogP contribution >= 0.6 is 8.53 Å². The highest BCUT2D eigenvalue weighted by atomic mass is 31.2. The van der Waals surface area contributed by atoms with Crippen LogP contribution in [0.1, 0.15) is 70.9 Å². The quantitative estimate of drug-likeness (QED) is 0.0489. The number of aromatic amines is 1. The molecular formula is C45H54N7O9P. The van der Waals surface area contributed by atoms with E-state index in [0.717, 1.165) is 16.7 Å². The van der Waals surface area contributed by atoms with E-state index in [1.807, 2.05) is 78.9 Å². The number of hydrogen-bond donors (Lipinski definition) is 2. The lowest BCUT2D eigenvalue weighted by atomic mass is 9.79. The van der Waals surface area contributed by atoms with Crippen LogP contribution in [-0.2, 0) is 33.7 Å². The Morgan fingerprint density at radius 3 is 2.16 bits per heavy atom. The number of methoxy groups -OCH3 is 2. The predicted octanol–water partition coefficient (Wildman–Crippen LogP) is 7.07. The number of nitriles is 1. The summed E-state index contributed by atoms with van der Waals surface area (Å²) >= 11 is 0. The number of imidazole rings is 1. The van der Waals surface area contributed by atoms with Gasteiger partial charge in [-0.15, -0.1) is 0 Å². The van der Waals surface area contributed by atoms with Crippen molar-refractivity contribution >= 4 is 31.5 Å². The van der Waals surface area contributed by atoms with Crippen LogP contribution in [-0.4, -0.2) is 94.0 Å². The highest BCUT2D eigenvalue weighted by Crippen LogP contribution is 2.56. The number of carbonyl (C=O) groups excluding carboxylic acids is 1. The Morgan fingerprint density at radius 1 is 0.984 bits per heavy atom. The van der Waals surface area contributed by atoms with E-state index in [2.05, 4.69) is 58.7 Å². The van der Waals surface area contributed by atoms with E-state index < -0.39 is 43.7 Å². The van der Waals surface area contributed by atoms with E-state index in [-0.39, 0.29) is 67.3 Å². The number of amides is 1. The Kier molecular flexibility index (Phi) is 13.7. The first-order valence-electron chi connectivity index (χ1n) is 20.7. The molecule has 2 N–H and O–H groups in total. The summed E-state index contributed by atoms with van der Waals surface area (Å²) in [6, 6.07) is 27.7. The highest BCUT2D eigenvalue weighted by Gasteiger charge is 2.65. The summed E-state index contributed by atoms with van der Waals surface area (Å²) in [4.78, 5) is 37.7. The molecule has 2 bridgehead atoms.